The Morgan fingerprint density at radius 1 is 1.06 bits per heavy atom. The number of halogens is 4. The van der Waals surface area contributed by atoms with Crippen LogP contribution in [0.1, 0.15) is 15.9 Å². The van der Waals surface area contributed by atoms with Gasteiger partial charge < -0.3 is 14.6 Å². The molecule has 3 aromatic carbocycles. The summed E-state index contributed by atoms with van der Waals surface area (Å²) >= 11 is 12.4. The maximum atomic E-state index is 14.6. The average Bonchev–Trinajstić information content (AvgIpc) is 2.77. The maximum absolute atomic E-state index is 14.6. The van der Waals surface area contributed by atoms with Gasteiger partial charge in [0.05, 0.1) is 64.9 Å². The summed E-state index contributed by atoms with van der Waals surface area (Å²) in [7, 11) is 17.9. The molecule has 1 aliphatic rings. The van der Waals surface area contributed by atoms with E-state index in [2.05, 4.69) is 0 Å². The van der Waals surface area contributed by atoms with E-state index in [1.165, 1.54) is 24.3 Å². The molecule has 0 aliphatic carbocycles. The molecule has 0 bridgehead atoms. The van der Waals surface area contributed by atoms with E-state index in [1.807, 2.05) is 0 Å². The Morgan fingerprint density at radius 3 is 2.33 bits per heavy atom. The molecule has 170 valence electrons. The summed E-state index contributed by atoms with van der Waals surface area (Å²) in [6.45, 7) is 0.0586. The van der Waals surface area contributed by atoms with Crippen LogP contribution in [0.2, 0.25) is 10.0 Å². The van der Waals surface area contributed by atoms with Crippen molar-refractivity contribution >= 4 is 70.3 Å². The van der Waals surface area contributed by atoms with Gasteiger partial charge in [-0.1, -0.05) is 52.2 Å². The molecule has 1 amide bonds. The molecule has 4 rings (SSSR count). The number of anilines is 2. The van der Waals surface area contributed by atoms with Crippen LogP contribution in [0.4, 0.5) is 20.2 Å². The molecule has 0 unspecified atom stereocenters. The Bertz CT molecular complexity index is 1300. The zero-order chi connectivity index (χ0) is 25.5. The molecule has 0 spiro atoms. The van der Waals surface area contributed by atoms with Crippen molar-refractivity contribution in [1.29, 1.82) is 0 Å². The number of alkyl halides is 1. The number of carbonyl (C=O) groups excluding carboxylic acids is 2. The van der Waals surface area contributed by atoms with E-state index in [-0.39, 0.29) is 80.7 Å². The minimum atomic E-state index is -2.27. The van der Waals surface area contributed by atoms with E-state index in [4.69, 9.17) is 46.7 Å². The number of hydrogen-bond donors (Lipinski definition) is 0. The minimum absolute atomic E-state index is 0. The van der Waals surface area contributed by atoms with Crippen molar-refractivity contribution in [2.24, 2.45) is 0 Å². The van der Waals surface area contributed by atoms with E-state index in [1.54, 1.807) is 35.5 Å². The maximum Gasteiger partial charge on any atom is 1.00 e. The summed E-state index contributed by atoms with van der Waals surface area (Å²) in [4.78, 5) is 27.1. The number of benzene rings is 3. The van der Waals surface area contributed by atoms with Gasteiger partial charge >= 0.3 is 51.4 Å². The third kappa shape index (κ3) is 5.96. The van der Waals surface area contributed by atoms with Crippen LogP contribution >= 0.6 is 23.2 Å². The SMILES string of the molecule is [B]C([B])([B])N(C(=O)c1c(F)cccc1Cl)c1ccc(-c2cc([C-]=O)ccc2Cl)cc1N1CC(F)C1.[K+]. The minimum Gasteiger partial charge on any atom is -0.376 e. The molecule has 0 atom stereocenters. The number of nitrogens with zero attached hydrogens (tertiary/aromatic N) is 2. The molecule has 3 aromatic rings. The van der Waals surface area contributed by atoms with Gasteiger partial charge in [-0.05, 0) is 29.8 Å². The molecule has 0 aromatic heterocycles. The first-order chi connectivity index (χ1) is 16.5. The first-order valence-electron chi connectivity index (χ1n) is 10.4. The van der Waals surface area contributed by atoms with E-state index in [9.17, 15) is 18.4 Å². The van der Waals surface area contributed by atoms with Crippen molar-refractivity contribution in [3.63, 3.8) is 0 Å². The van der Waals surface area contributed by atoms with Crippen LogP contribution in [0.15, 0.2) is 54.6 Å². The summed E-state index contributed by atoms with van der Waals surface area (Å²) in [5, 5.41) is -2.08. The zero-order valence-corrected chi connectivity index (χ0v) is 23.8. The second kappa shape index (κ2) is 11.7. The molecular formula is C24H14B3Cl2F2KN2O2. The molecule has 1 fully saturated rings. The summed E-state index contributed by atoms with van der Waals surface area (Å²) in [6, 6.07) is 13.1. The van der Waals surface area contributed by atoms with Gasteiger partial charge in [-0.25, -0.2) is 8.78 Å². The summed E-state index contributed by atoms with van der Waals surface area (Å²) in [5.74, 6) is -1.88. The predicted molar refractivity (Wildman–Crippen MR) is 137 cm³/mol. The number of carbonyl (C=O) groups is 1. The van der Waals surface area contributed by atoms with E-state index in [0.717, 1.165) is 11.0 Å². The van der Waals surface area contributed by atoms with Crippen LogP contribution in [-0.4, -0.2) is 60.2 Å². The van der Waals surface area contributed by atoms with Gasteiger partial charge in [-0.15, -0.1) is 0 Å². The fraction of sp³-hybridized carbons (Fsp3) is 0.167. The van der Waals surface area contributed by atoms with Crippen molar-refractivity contribution in [2.75, 3.05) is 22.9 Å². The Labute approximate surface area is 264 Å². The van der Waals surface area contributed by atoms with Crippen LogP contribution in [0, 0.1) is 5.82 Å². The topological polar surface area (TPSA) is 40.6 Å². The molecule has 1 saturated heterocycles. The van der Waals surface area contributed by atoms with Crippen LogP contribution < -0.4 is 61.2 Å². The Hall–Kier alpha value is -1.13. The molecule has 12 heteroatoms. The number of hydrogen-bond acceptors (Lipinski definition) is 3. The molecule has 1 heterocycles. The Kier molecular flexibility index (Phi) is 9.58. The Balaban J connectivity index is 0.00000361. The van der Waals surface area contributed by atoms with Crippen LogP contribution in [0.25, 0.3) is 11.1 Å². The molecule has 0 saturated carbocycles. The first-order valence-corrected chi connectivity index (χ1v) is 11.1. The van der Waals surface area contributed by atoms with Gasteiger partial charge in [0, 0.05) is 5.02 Å². The molecule has 36 heavy (non-hydrogen) atoms. The molecule has 4 nitrogen and oxygen atoms in total. The van der Waals surface area contributed by atoms with Crippen molar-refractivity contribution in [1.82, 2.24) is 0 Å². The van der Waals surface area contributed by atoms with Crippen molar-refractivity contribution in [3.05, 3.63) is 81.6 Å². The summed E-state index contributed by atoms with van der Waals surface area (Å²) in [6.07, 6.45) is 0.713. The summed E-state index contributed by atoms with van der Waals surface area (Å²) in [5.41, 5.74) is 1.32. The fourth-order valence-corrected chi connectivity index (χ4v) is 4.34. The molecular weight excluding hydrogens is 529 g/mol. The number of rotatable bonds is 6. The second-order valence-corrected chi connectivity index (χ2v) is 8.94. The van der Waals surface area contributed by atoms with Gasteiger partial charge in [0.1, 0.15) is 12.0 Å². The normalized spacial score (nSPS) is 13.5. The van der Waals surface area contributed by atoms with Gasteiger partial charge in [-0.3, -0.25) is 4.79 Å². The quantitative estimate of drug-likeness (QED) is 0.347. The van der Waals surface area contributed by atoms with Crippen LogP contribution in [0.5, 0.6) is 0 Å². The fourth-order valence-electron chi connectivity index (χ4n) is 3.87. The van der Waals surface area contributed by atoms with E-state index >= 15 is 0 Å². The smallest absolute Gasteiger partial charge is 0.376 e. The average molecular weight is 543 g/mol. The van der Waals surface area contributed by atoms with Gasteiger partial charge in [0.25, 0.3) is 5.91 Å². The largest absolute Gasteiger partial charge is 1.00 e. The monoisotopic (exact) mass is 542 g/mol. The predicted octanol–water partition coefficient (Wildman–Crippen LogP) is 1.18. The van der Waals surface area contributed by atoms with Crippen LogP contribution in [-0.2, 0) is 4.79 Å². The summed E-state index contributed by atoms with van der Waals surface area (Å²) < 4.78 is 28.4. The third-order valence-corrected chi connectivity index (χ3v) is 6.20. The Morgan fingerprint density at radius 2 is 1.75 bits per heavy atom. The third-order valence-electron chi connectivity index (χ3n) is 5.56. The first kappa shape index (κ1) is 29.4. The van der Waals surface area contributed by atoms with Gasteiger partial charge in [-0.2, -0.15) is 17.7 Å². The van der Waals surface area contributed by atoms with Crippen LogP contribution in [0.3, 0.4) is 0 Å². The van der Waals surface area contributed by atoms with E-state index < -0.39 is 28.7 Å². The number of amides is 1. The molecule has 0 N–H and O–H groups in total. The van der Waals surface area contributed by atoms with Gasteiger partial charge in [0.15, 0.2) is 0 Å². The van der Waals surface area contributed by atoms with E-state index in [0.29, 0.717) is 21.8 Å². The van der Waals surface area contributed by atoms with Crippen molar-refractivity contribution in [3.8, 4) is 11.1 Å². The van der Waals surface area contributed by atoms with Crippen molar-refractivity contribution in [2.45, 2.75) is 11.4 Å². The second-order valence-electron chi connectivity index (χ2n) is 8.13. The van der Waals surface area contributed by atoms with Gasteiger partial charge in [0.2, 0.25) is 0 Å². The van der Waals surface area contributed by atoms with Crippen molar-refractivity contribution < 1.29 is 69.8 Å². The zero-order valence-electron chi connectivity index (χ0n) is 19.1. The standard InChI is InChI=1S/C24H14B3Cl2F2N2O2.K/c25-24(26,27)33(23(35)22-18(29)2-1-3-19(22)31)20-7-5-14(9-21(20)32-10-15(30)11-32)16-8-13(12-34)4-6-17(16)28;/h1-9,15H,10-11H2;/q-1;+1. The molecule has 1 aliphatic heterocycles. The molecule has 6 radical (unpaired) electrons.